The molecule has 100 valence electrons. The number of benzene rings is 1. The smallest absolute Gasteiger partial charge is 0.317 e. The van der Waals surface area contributed by atoms with E-state index in [2.05, 4.69) is 13.8 Å². The van der Waals surface area contributed by atoms with Crippen molar-refractivity contribution in [2.75, 3.05) is 13.1 Å². The maximum Gasteiger partial charge on any atom is 0.317 e. The van der Waals surface area contributed by atoms with E-state index < -0.39 is 5.97 Å². The van der Waals surface area contributed by atoms with Gasteiger partial charge >= 0.3 is 5.97 Å². The van der Waals surface area contributed by atoms with Crippen LogP contribution in [-0.2, 0) is 11.3 Å². The fraction of sp³-hybridized carbons (Fsp3) is 0.462. The van der Waals surface area contributed by atoms with E-state index in [1.807, 2.05) is 17.0 Å². The topological polar surface area (TPSA) is 40.5 Å². The number of hydrogen-bond donors (Lipinski definition) is 1. The maximum atomic E-state index is 10.8. The van der Waals surface area contributed by atoms with Gasteiger partial charge in [0.25, 0.3) is 0 Å². The van der Waals surface area contributed by atoms with Gasteiger partial charge < -0.3 is 5.11 Å². The van der Waals surface area contributed by atoms with Crippen LogP contribution in [0.3, 0.4) is 0 Å². The summed E-state index contributed by atoms with van der Waals surface area (Å²) >= 11 is 12.0. The molecule has 5 heteroatoms. The number of carbonyl (C=O) groups is 1. The van der Waals surface area contributed by atoms with E-state index in [1.165, 1.54) is 0 Å². The van der Waals surface area contributed by atoms with Crippen LogP contribution in [0.5, 0.6) is 0 Å². The van der Waals surface area contributed by atoms with Gasteiger partial charge in [-0.2, -0.15) is 0 Å². The Bertz CT molecular complexity index is 421. The number of rotatable bonds is 6. The van der Waals surface area contributed by atoms with Crippen molar-refractivity contribution < 1.29 is 9.90 Å². The molecule has 0 fully saturated rings. The molecular weight excluding hydrogens is 273 g/mol. The number of halogens is 2. The summed E-state index contributed by atoms with van der Waals surface area (Å²) in [7, 11) is 0. The van der Waals surface area contributed by atoms with Gasteiger partial charge in [0.15, 0.2) is 0 Å². The average molecular weight is 290 g/mol. The zero-order chi connectivity index (χ0) is 13.7. The van der Waals surface area contributed by atoms with Crippen molar-refractivity contribution in [3.63, 3.8) is 0 Å². The molecule has 18 heavy (non-hydrogen) atoms. The van der Waals surface area contributed by atoms with Gasteiger partial charge in [-0.25, -0.2) is 0 Å². The molecule has 0 aliphatic heterocycles. The van der Waals surface area contributed by atoms with Crippen LogP contribution < -0.4 is 0 Å². The molecule has 1 N–H and O–H groups in total. The minimum atomic E-state index is -0.839. The second-order valence-corrected chi connectivity index (χ2v) is 5.46. The van der Waals surface area contributed by atoms with Crippen molar-refractivity contribution in [1.82, 2.24) is 4.90 Å². The average Bonchev–Trinajstić information content (AvgIpc) is 2.23. The Hall–Kier alpha value is -0.770. The molecule has 1 rings (SSSR count). The van der Waals surface area contributed by atoms with Crippen LogP contribution in [0.2, 0.25) is 10.0 Å². The Kier molecular flexibility index (Phi) is 5.93. The first-order valence-electron chi connectivity index (χ1n) is 5.77. The SMILES string of the molecule is CC(C)CN(CC(=O)O)Cc1cccc(Cl)c1Cl. The van der Waals surface area contributed by atoms with Gasteiger partial charge in [-0.1, -0.05) is 49.2 Å². The molecule has 3 nitrogen and oxygen atoms in total. The standard InChI is InChI=1S/C13H17Cl2NO2/c1-9(2)6-16(8-12(17)18)7-10-4-3-5-11(14)13(10)15/h3-5,9H,6-8H2,1-2H3,(H,17,18). The number of carboxylic acid groups (broad SMARTS) is 1. The highest BCUT2D eigenvalue weighted by Gasteiger charge is 2.14. The summed E-state index contributed by atoms with van der Waals surface area (Å²) < 4.78 is 0. The Morgan fingerprint density at radius 2 is 2.06 bits per heavy atom. The van der Waals surface area contributed by atoms with Crippen molar-refractivity contribution in [3.8, 4) is 0 Å². The minimum absolute atomic E-state index is 0.00101. The predicted molar refractivity (Wildman–Crippen MR) is 74.2 cm³/mol. The fourth-order valence-corrected chi connectivity index (χ4v) is 2.18. The van der Waals surface area contributed by atoms with Crippen LogP contribution in [-0.4, -0.2) is 29.1 Å². The molecule has 0 heterocycles. The quantitative estimate of drug-likeness (QED) is 0.871. The molecule has 0 aliphatic rings. The predicted octanol–water partition coefficient (Wildman–Crippen LogP) is 3.54. The van der Waals surface area contributed by atoms with Crippen LogP contribution in [0.25, 0.3) is 0 Å². The first-order valence-corrected chi connectivity index (χ1v) is 6.52. The number of aliphatic carboxylic acids is 1. The van der Waals surface area contributed by atoms with E-state index in [0.717, 1.165) is 5.56 Å². The van der Waals surface area contributed by atoms with Gasteiger partial charge in [0.2, 0.25) is 0 Å². The van der Waals surface area contributed by atoms with E-state index in [4.69, 9.17) is 28.3 Å². The van der Waals surface area contributed by atoms with Crippen molar-refractivity contribution in [2.24, 2.45) is 5.92 Å². The molecule has 0 saturated heterocycles. The highest BCUT2D eigenvalue weighted by Crippen LogP contribution is 2.26. The highest BCUT2D eigenvalue weighted by molar-refractivity contribution is 6.42. The van der Waals surface area contributed by atoms with Crippen LogP contribution in [0, 0.1) is 5.92 Å². The number of hydrogen-bond acceptors (Lipinski definition) is 2. The molecule has 0 bridgehead atoms. The monoisotopic (exact) mass is 289 g/mol. The Balaban J connectivity index is 2.81. The van der Waals surface area contributed by atoms with E-state index in [1.54, 1.807) is 6.07 Å². The second-order valence-electron chi connectivity index (χ2n) is 4.67. The summed E-state index contributed by atoms with van der Waals surface area (Å²) in [6.07, 6.45) is 0. The summed E-state index contributed by atoms with van der Waals surface area (Å²) in [5.41, 5.74) is 0.853. The van der Waals surface area contributed by atoms with Gasteiger partial charge in [0.1, 0.15) is 0 Å². The summed E-state index contributed by atoms with van der Waals surface area (Å²) in [5.74, 6) is -0.448. The molecule has 0 saturated carbocycles. The molecule has 0 aliphatic carbocycles. The van der Waals surface area contributed by atoms with Gasteiger partial charge in [-0.15, -0.1) is 0 Å². The third-order valence-electron chi connectivity index (χ3n) is 2.41. The molecule has 0 radical (unpaired) electrons. The lowest BCUT2D eigenvalue weighted by Gasteiger charge is -2.23. The van der Waals surface area contributed by atoms with E-state index in [0.29, 0.717) is 29.1 Å². The van der Waals surface area contributed by atoms with Crippen LogP contribution >= 0.6 is 23.2 Å². The van der Waals surface area contributed by atoms with Crippen molar-refractivity contribution in [1.29, 1.82) is 0 Å². The third-order valence-corrected chi connectivity index (χ3v) is 3.27. The van der Waals surface area contributed by atoms with Crippen LogP contribution in [0.4, 0.5) is 0 Å². The fourth-order valence-electron chi connectivity index (χ4n) is 1.80. The van der Waals surface area contributed by atoms with Gasteiger partial charge in [-0.05, 0) is 17.5 Å². The van der Waals surface area contributed by atoms with Gasteiger partial charge in [0, 0.05) is 13.1 Å². The summed E-state index contributed by atoms with van der Waals surface area (Å²) in [6.45, 7) is 5.29. The first kappa shape index (κ1) is 15.3. The summed E-state index contributed by atoms with van der Waals surface area (Å²) in [5, 5.41) is 9.89. The summed E-state index contributed by atoms with van der Waals surface area (Å²) in [6, 6.07) is 5.40. The lowest BCUT2D eigenvalue weighted by molar-refractivity contribution is -0.138. The molecule has 0 aromatic heterocycles. The zero-order valence-corrected chi connectivity index (χ0v) is 12.0. The Labute approximate surface area is 117 Å². The minimum Gasteiger partial charge on any atom is -0.480 e. The maximum absolute atomic E-state index is 10.8. The largest absolute Gasteiger partial charge is 0.480 e. The van der Waals surface area contributed by atoms with E-state index in [9.17, 15) is 4.79 Å². The zero-order valence-electron chi connectivity index (χ0n) is 10.5. The Morgan fingerprint density at radius 3 is 2.61 bits per heavy atom. The van der Waals surface area contributed by atoms with Crippen molar-refractivity contribution >= 4 is 29.2 Å². The van der Waals surface area contributed by atoms with Crippen LogP contribution in [0.15, 0.2) is 18.2 Å². The van der Waals surface area contributed by atoms with Crippen molar-refractivity contribution in [3.05, 3.63) is 33.8 Å². The number of carboxylic acids is 1. The molecule has 0 unspecified atom stereocenters. The molecular formula is C13H17Cl2NO2. The Morgan fingerprint density at radius 1 is 1.39 bits per heavy atom. The van der Waals surface area contributed by atoms with Gasteiger partial charge in [0.05, 0.1) is 16.6 Å². The summed E-state index contributed by atoms with van der Waals surface area (Å²) in [4.78, 5) is 12.7. The molecule has 0 amide bonds. The van der Waals surface area contributed by atoms with Crippen molar-refractivity contribution in [2.45, 2.75) is 20.4 Å². The third kappa shape index (κ3) is 4.84. The lowest BCUT2D eigenvalue weighted by Crippen LogP contribution is -2.32. The molecule has 0 atom stereocenters. The van der Waals surface area contributed by atoms with Gasteiger partial charge in [-0.3, -0.25) is 9.69 Å². The first-order chi connectivity index (χ1) is 8.40. The van der Waals surface area contributed by atoms with E-state index >= 15 is 0 Å². The molecule has 1 aromatic rings. The molecule has 0 spiro atoms. The highest BCUT2D eigenvalue weighted by atomic mass is 35.5. The normalized spacial score (nSPS) is 11.2. The molecule has 1 aromatic carbocycles. The number of nitrogens with zero attached hydrogens (tertiary/aromatic N) is 1. The lowest BCUT2D eigenvalue weighted by atomic mass is 10.1. The van der Waals surface area contributed by atoms with Crippen LogP contribution in [0.1, 0.15) is 19.4 Å². The second kappa shape index (κ2) is 6.98. The van der Waals surface area contributed by atoms with E-state index in [-0.39, 0.29) is 6.54 Å².